The van der Waals surface area contributed by atoms with Gasteiger partial charge in [-0.05, 0) is 61.0 Å². The van der Waals surface area contributed by atoms with Crippen LogP contribution in [0.3, 0.4) is 0 Å². The van der Waals surface area contributed by atoms with Crippen molar-refractivity contribution in [2.24, 2.45) is 7.05 Å². The lowest BCUT2D eigenvalue weighted by Gasteiger charge is -2.09. The largest absolute Gasteiger partial charge is 0.333 e. The third kappa shape index (κ3) is 5.41. The first-order chi connectivity index (χ1) is 20.6. The molecule has 0 bridgehead atoms. The number of aromatic nitrogens is 4. The molecule has 0 spiro atoms. The Bertz CT molecular complexity index is 2330. The van der Waals surface area contributed by atoms with Crippen molar-refractivity contribution in [3.8, 4) is 16.8 Å². The number of hydrogen-bond acceptors (Lipinski definition) is 5. The maximum atomic E-state index is 13.2. The van der Waals surface area contributed by atoms with E-state index in [0.717, 1.165) is 49.5 Å². The van der Waals surface area contributed by atoms with Gasteiger partial charge in [0.2, 0.25) is 0 Å². The SMILES string of the molecule is Cc1ccc(S(=O)(=O)O)cc1.Cn1c(=O)n(-c2ccccc2Cl)c2c3cc(-c4cnc5ccccc5c4)ccc3ncc21. The predicted molar refractivity (Wildman–Crippen MR) is 171 cm³/mol. The van der Waals surface area contributed by atoms with Crippen LogP contribution in [0.25, 0.3) is 49.7 Å². The first-order valence-electron chi connectivity index (χ1n) is 13.3. The van der Waals surface area contributed by atoms with Crippen LogP contribution in [0.1, 0.15) is 5.56 Å². The molecule has 214 valence electrons. The van der Waals surface area contributed by atoms with Crippen LogP contribution in [0.15, 0.2) is 119 Å². The summed E-state index contributed by atoms with van der Waals surface area (Å²) in [6.45, 7) is 1.84. The predicted octanol–water partition coefficient (Wildman–Crippen LogP) is 6.99. The molecule has 8 nitrogen and oxygen atoms in total. The van der Waals surface area contributed by atoms with Gasteiger partial charge in [0.05, 0.1) is 43.9 Å². The maximum Gasteiger partial charge on any atom is 0.333 e. The Morgan fingerprint density at radius 1 is 0.791 bits per heavy atom. The highest BCUT2D eigenvalue weighted by Crippen LogP contribution is 2.31. The number of para-hydroxylation sites is 2. The molecule has 7 aromatic rings. The fraction of sp³-hybridized carbons (Fsp3) is 0.0606. The van der Waals surface area contributed by atoms with Crippen LogP contribution < -0.4 is 5.69 Å². The summed E-state index contributed by atoms with van der Waals surface area (Å²) < 4.78 is 32.8. The molecule has 0 aliphatic carbocycles. The number of aryl methyl sites for hydroxylation is 2. The van der Waals surface area contributed by atoms with Crippen molar-refractivity contribution in [3.63, 3.8) is 0 Å². The third-order valence-electron chi connectivity index (χ3n) is 7.22. The van der Waals surface area contributed by atoms with Crippen molar-refractivity contribution in [1.82, 2.24) is 19.1 Å². The van der Waals surface area contributed by atoms with Crippen LogP contribution in [-0.4, -0.2) is 32.1 Å². The van der Waals surface area contributed by atoms with E-state index in [9.17, 15) is 13.2 Å². The zero-order valence-corrected chi connectivity index (χ0v) is 24.7. The highest BCUT2D eigenvalue weighted by molar-refractivity contribution is 7.85. The van der Waals surface area contributed by atoms with Gasteiger partial charge < -0.3 is 0 Å². The minimum atomic E-state index is -4.02. The summed E-state index contributed by atoms with van der Waals surface area (Å²) in [7, 11) is -2.27. The summed E-state index contributed by atoms with van der Waals surface area (Å²) in [4.78, 5) is 22.4. The lowest BCUT2D eigenvalue weighted by atomic mass is 10.0. The normalized spacial score (nSPS) is 11.5. The molecule has 7 rings (SSSR count). The van der Waals surface area contributed by atoms with Gasteiger partial charge in [-0.25, -0.2) is 4.79 Å². The van der Waals surface area contributed by atoms with Crippen molar-refractivity contribution in [2.45, 2.75) is 11.8 Å². The molecule has 3 heterocycles. The topological polar surface area (TPSA) is 107 Å². The zero-order valence-electron chi connectivity index (χ0n) is 23.1. The van der Waals surface area contributed by atoms with E-state index in [1.165, 1.54) is 12.1 Å². The van der Waals surface area contributed by atoms with Crippen molar-refractivity contribution < 1.29 is 13.0 Å². The molecule has 43 heavy (non-hydrogen) atoms. The van der Waals surface area contributed by atoms with E-state index in [-0.39, 0.29) is 10.6 Å². The van der Waals surface area contributed by atoms with Gasteiger partial charge in [-0.2, -0.15) is 8.42 Å². The number of halogens is 1. The monoisotopic (exact) mass is 608 g/mol. The molecule has 0 fully saturated rings. The van der Waals surface area contributed by atoms with E-state index < -0.39 is 10.1 Å². The first kappa shape index (κ1) is 28.3. The van der Waals surface area contributed by atoms with Gasteiger partial charge in [-0.3, -0.25) is 23.7 Å². The van der Waals surface area contributed by atoms with Gasteiger partial charge in [0.25, 0.3) is 10.1 Å². The molecular weight excluding hydrogens is 584 g/mol. The van der Waals surface area contributed by atoms with Crippen LogP contribution in [0.2, 0.25) is 5.02 Å². The first-order valence-corrected chi connectivity index (χ1v) is 15.1. The Hall–Kier alpha value is -4.83. The van der Waals surface area contributed by atoms with Crippen LogP contribution in [0.4, 0.5) is 0 Å². The number of hydrogen-bond donors (Lipinski definition) is 1. The molecule has 3 aromatic heterocycles. The Morgan fingerprint density at radius 3 is 2.23 bits per heavy atom. The highest BCUT2D eigenvalue weighted by Gasteiger charge is 2.18. The number of rotatable bonds is 3. The summed E-state index contributed by atoms with van der Waals surface area (Å²) in [5, 5.41) is 2.47. The Balaban J connectivity index is 0.000000254. The molecule has 1 N–H and O–H groups in total. The van der Waals surface area contributed by atoms with Crippen molar-refractivity contribution in [2.75, 3.05) is 0 Å². The zero-order chi connectivity index (χ0) is 30.3. The Morgan fingerprint density at radius 2 is 1.49 bits per heavy atom. The van der Waals surface area contributed by atoms with Gasteiger partial charge in [0, 0.05) is 29.6 Å². The van der Waals surface area contributed by atoms with E-state index in [1.54, 1.807) is 40.6 Å². The van der Waals surface area contributed by atoms with Gasteiger partial charge in [-0.1, -0.05) is 65.7 Å². The molecule has 10 heteroatoms. The van der Waals surface area contributed by atoms with Crippen molar-refractivity contribution in [1.29, 1.82) is 0 Å². The van der Waals surface area contributed by atoms with Gasteiger partial charge in [0.15, 0.2) is 0 Å². The van der Waals surface area contributed by atoms with E-state index in [1.807, 2.05) is 61.7 Å². The summed E-state index contributed by atoms with van der Waals surface area (Å²) in [6.07, 6.45) is 3.62. The number of fused-ring (bicyclic) bond motifs is 4. The smallest absolute Gasteiger partial charge is 0.293 e. The average Bonchev–Trinajstić information content (AvgIpc) is 3.26. The Labute approximate surface area is 252 Å². The third-order valence-corrected chi connectivity index (χ3v) is 8.41. The quantitative estimate of drug-likeness (QED) is 0.217. The number of nitrogens with zero attached hydrogens (tertiary/aromatic N) is 4. The molecule has 0 unspecified atom stereocenters. The van der Waals surface area contributed by atoms with Crippen molar-refractivity contribution >= 4 is 54.6 Å². The second-order valence-electron chi connectivity index (χ2n) is 10.1. The summed E-state index contributed by atoms with van der Waals surface area (Å²) in [6, 6.07) is 29.6. The van der Waals surface area contributed by atoms with Gasteiger partial charge in [0.1, 0.15) is 0 Å². The van der Waals surface area contributed by atoms with E-state index in [0.29, 0.717) is 10.7 Å². The molecule has 0 aliphatic rings. The van der Waals surface area contributed by atoms with Crippen LogP contribution in [-0.2, 0) is 17.2 Å². The second kappa shape index (κ2) is 11.1. The number of imidazole rings is 1. The van der Waals surface area contributed by atoms with Crippen molar-refractivity contribution in [3.05, 3.63) is 131 Å². The van der Waals surface area contributed by atoms with Crippen LogP contribution >= 0.6 is 11.6 Å². The molecule has 0 saturated carbocycles. The minimum absolute atomic E-state index is 0.0666. The average molecular weight is 609 g/mol. The summed E-state index contributed by atoms with van der Waals surface area (Å²) in [5.74, 6) is 0. The van der Waals surface area contributed by atoms with E-state index in [4.69, 9.17) is 16.2 Å². The van der Waals surface area contributed by atoms with E-state index in [2.05, 4.69) is 28.2 Å². The lowest BCUT2D eigenvalue weighted by molar-refractivity contribution is 0.483. The van der Waals surface area contributed by atoms with E-state index >= 15 is 0 Å². The summed E-state index contributed by atoms with van der Waals surface area (Å²) in [5.41, 5.74) is 6.74. The molecule has 0 atom stereocenters. The molecule has 4 aromatic carbocycles. The number of pyridine rings is 2. The Kier molecular flexibility index (Phi) is 7.31. The summed E-state index contributed by atoms with van der Waals surface area (Å²) >= 11 is 6.48. The van der Waals surface area contributed by atoms with Gasteiger partial charge in [-0.15, -0.1) is 0 Å². The van der Waals surface area contributed by atoms with Crippen LogP contribution in [0.5, 0.6) is 0 Å². The second-order valence-corrected chi connectivity index (χ2v) is 11.9. The maximum absolute atomic E-state index is 13.2. The minimum Gasteiger partial charge on any atom is -0.293 e. The number of benzene rings is 4. The standard InChI is InChI=1S/C26H17ClN4O.C7H8O3S/c1-30-24-15-29-22-11-10-16(18-12-17-6-2-4-8-21(17)28-14-18)13-19(22)25(24)31(26(30)32)23-9-5-3-7-20(23)27;1-6-2-4-7(5-3-6)11(8,9)10/h2-15H,1H3;2-5H,1H3,(H,8,9,10). The van der Waals surface area contributed by atoms with Gasteiger partial charge >= 0.3 is 5.69 Å². The molecule has 0 saturated heterocycles. The van der Waals surface area contributed by atoms with Crippen LogP contribution in [0, 0.1) is 6.92 Å². The lowest BCUT2D eigenvalue weighted by Crippen LogP contribution is -2.21. The molecule has 0 amide bonds. The fourth-order valence-corrected chi connectivity index (χ4v) is 5.67. The molecule has 0 radical (unpaired) electrons. The molecule has 0 aliphatic heterocycles. The highest BCUT2D eigenvalue weighted by atomic mass is 35.5. The molecular formula is C33H25ClN4O4S. The fourth-order valence-electron chi connectivity index (χ4n) is 4.97.